The van der Waals surface area contributed by atoms with Gasteiger partial charge in [0.25, 0.3) is 5.69 Å². The van der Waals surface area contributed by atoms with Crippen LogP contribution in [-0.2, 0) is 11.3 Å². The largest absolute Gasteiger partial charge is 0.379 e. The second-order valence-electron chi connectivity index (χ2n) is 4.14. The standard InChI is InChI=1S/C11H16N4O3/c12-13-10-2-1-9(7-11(10)15(16)17)8-14-3-5-18-6-4-14/h1-2,7,13H,3-6,8,12H2. The fourth-order valence-electron chi connectivity index (χ4n) is 1.97. The number of nitro benzene ring substituents is 1. The first-order valence-corrected chi connectivity index (χ1v) is 5.75. The first-order valence-electron chi connectivity index (χ1n) is 5.75. The molecule has 18 heavy (non-hydrogen) atoms. The summed E-state index contributed by atoms with van der Waals surface area (Å²) >= 11 is 0. The molecule has 1 aliphatic rings. The molecule has 1 heterocycles. The van der Waals surface area contributed by atoms with E-state index in [1.807, 2.05) is 6.07 Å². The highest BCUT2D eigenvalue weighted by molar-refractivity contribution is 5.61. The average Bonchev–Trinajstić information content (AvgIpc) is 2.40. The maximum atomic E-state index is 10.9. The average molecular weight is 252 g/mol. The highest BCUT2D eigenvalue weighted by Gasteiger charge is 2.16. The van der Waals surface area contributed by atoms with Crippen molar-refractivity contribution >= 4 is 11.4 Å². The summed E-state index contributed by atoms with van der Waals surface area (Å²) < 4.78 is 5.26. The highest BCUT2D eigenvalue weighted by Crippen LogP contribution is 2.25. The number of rotatable bonds is 4. The molecule has 0 aromatic heterocycles. The Morgan fingerprint density at radius 1 is 1.44 bits per heavy atom. The SMILES string of the molecule is NNc1ccc(CN2CCOCC2)cc1[N+](=O)[O-]. The second kappa shape index (κ2) is 5.76. The third-order valence-corrected chi connectivity index (χ3v) is 2.92. The number of hydrogen-bond acceptors (Lipinski definition) is 6. The third kappa shape index (κ3) is 2.95. The van der Waals surface area contributed by atoms with E-state index >= 15 is 0 Å². The van der Waals surface area contributed by atoms with Crippen LogP contribution in [0.25, 0.3) is 0 Å². The van der Waals surface area contributed by atoms with Crippen molar-refractivity contribution in [2.75, 3.05) is 31.7 Å². The Kier molecular flexibility index (Phi) is 4.08. The molecular weight excluding hydrogens is 236 g/mol. The van der Waals surface area contributed by atoms with Crippen LogP contribution in [0.5, 0.6) is 0 Å². The number of nitrogens with zero attached hydrogens (tertiary/aromatic N) is 2. The number of benzene rings is 1. The van der Waals surface area contributed by atoms with Gasteiger partial charge in [0.2, 0.25) is 0 Å². The molecule has 1 fully saturated rings. The van der Waals surface area contributed by atoms with Gasteiger partial charge in [-0.15, -0.1) is 0 Å². The number of nitro groups is 1. The summed E-state index contributed by atoms with van der Waals surface area (Å²) in [7, 11) is 0. The minimum absolute atomic E-state index is 0.00302. The van der Waals surface area contributed by atoms with Crippen LogP contribution in [0.15, 0.2) is 18.2 Å². The normalized spacial score (nSPS) is 16.5. The minimum atomic E-state index is -0.433. The lowest BCUT2D eigenvalue weighted by atomic mass is 10.1. The van der Waals surface area contributed by atoms with Crippen molar-refractivity contribution in [3.63, 3.8) is 0 Å². The summed E-state index contributed by atoms with van der Waals surface area (Å²) in [5, 5.41) is 10.9. The molecule has 7 nitrogen and oxygen atoms in total. The second-order valence-corrected chi connectivity index (χ2v) is 4.14. The quantitative estimate of drug-likeness (QED) is 0.465. The molecule has 1 saturated heterocycles. The number of nitrogen functional groups attached to an aromatic ring is 1. The number of ether oxygens (including phenoxy) is 1. The van der Waals surface area contributed by atoms with Gasteiger partial charge in [-0.3, -0.25) is 20.9 Å². The molecule has 0 amide bonds. The maximum Gasteiger partial charge on any atom is 0.293 e. The first-order chi connectivity index (χ1) is 8.70. The molecule has 0 atom stereocenters. The zero-order valence-electron chi connectivity index (χ0n) is 9.96. The van der Waals surface area contributed by atoms with Gasteiger partial charge in [-0.05, 0) is 11.6 Å². The van der Waals surface area contributed by atoms with Crippen LogP contribution in [0.3, 0.4) is 0 Å². The molecule has 0 aliphatic carbocycles. The van der Waals surface area contributed by atoms with Crippen LogP contribution in [0.1, 0.15) is 5.56 Å². The summed E-state index contributed by atoms with van der Waals surface area (Å²) in [6, 6.07) is 5.04. The van der Waals surface area contributed by atoms with Gasteiger partial charge in [-0.25, -0.2) is 0 Å². The monoisotopic (exact) mass is 252 g/mol. The maximum absolute atomic E-state index is 10.9. The van der Waals surface area contributed by atoms with Gasteiger partial charge in [0.05, 0.1) is 18.1 Å². The van der Waals surface area contributed by atoms with Gasteiger partial charge in [0.1, 0.15) is 5.69 Å². The lowest BCUT2D eigenvalue weighted by Gasteiger charge is -2.26. The van der Waals surface area contributed by atoms with Crippen molar-refractivity contribution in [3.8, 4) is 0 Å². The molecule has 98 valence electrons. The summed E-state index contributed by atoms with van der Waals surface area (Å²) in [6.45, 7) is 3.82. The van der Waals surface area contributed by atoms with E-state index in [1.54, 1.807) is 12.1 Å². The number of nitrogens with two attached hydrogens (primary N) is 1. The zero-order valence-corrected chi connectivity index (χ0v) is 9.96. The minimum Gasteiger partial charge on any atom is -0.379 e. The molecule has 0 unspecified atom stereocenters. The zero-order chi connectivity index (χ0) is 13.0. The number of hydrogen-bond donors (Lipinski definition) is 2. The Labute approximate surface area is 105 Å². The number of hydrazine groups is 1. The topological polar surface area (TPSA) is 93.7 Å². The molecular formula is C11H16N4O3. The van der Waals surface area contributed by atoms with E-state index in [-0.39, 0.29) is 5.69 Å². The summed E-state index contributed by atoms with van der Waals surface area (Å²) in [5.74, 6) is 5.24. The van der Waals surface area contributed by atoms with Gasteiger partial charge >= 0.3 is 0 Å². The van der Waals surface area contributed by atoms with Crippen LogP contribution in [0.2, 0.25) is 0 Å². The number of nitrogens with one attached hydrogen (secondary N) is 1. The van der Waals surface area contributed by atoms with Crippen LogP contribution >= 0.6 is 0 Å². The molecule has 2 rings (SSSR count). The van der Waals surface area contributed by atoms with E-state index in [9.17, 15) is 10.1 Å². The summed E-state index contributed by atoms with van der Waals surface area (Å²) in [5.41, 5.74) is 3.57. The van der Waals surface area contributed by atoms with Gasteiger partial charge in [0, 0.05) is 25.7 Å². The van der Waals surface area contributed by atoms with E-state index in [1.165, 1.54) is 0 Å². The molecule has 7 heteroatoms. The summed E-state index contributed by atoms with van der Waals surface area (Å²) in [6.07, 6.45) is 0. The predicted octanol–water partition coefficient (Wildman–Crippen LogP) is 0.713. The van der Waals surface area contributed by atoms with Crippen LogP contribution in [0.4, 0.5) is 11.4 Å². The number of morpholine rings is 1. The van der Waals surface area contributed by atoms with Gasteiger partial charge in [-0.2, -0.15) is 0 Å². The Morgan fingerprint density at radius 3 is 2.78 bits per heavy atom. The first kappa shape index (κ1) is 12.7. The van der Waals surface area contributed by atoms with Crippen molar-refractivity contribution in [3.05, 3.63) is 33.9 Å². The fourth-order valence-corrected chi connectivity index (χ4v) is 1.97. The molecule has 0 bridgehead atoms. The van der Waals surface area contributed by atoms with Crippen LogP contribution in [-0.4, -0.2) is 36.1 Å². The molecule has 0 radical (unpaired) electrons. The van der Waals surface area contributed by atoms with Crippen molar-refractivity contribution in [2.45, 2.75) is 6.54 Å². The van der Waals surface area contributed by atoms with E-state index in [4.69, 9.17) is 10.6 Å². The Balaban J connectivity index is 2.13. The van der Waals surface area contributed by atoms with Crippen molar-refractivity contribution in [2.24, 2.45) is 5.84 Å². The Morgan fingerprint density at radius 2 is 2.17 bits per heavy atom. The van der Waals surface area contributed by atoms with Crippen LogP contribution < -0.4 is 11.3 Å². The van der Waals surface area contributed by atoms with E-state index in [2.05, 4.69) is 10.3 Å². The van der Waals surface area contributed by atoms with E-state index in [0.29, 0.717) is 25.4 Å². The molecule has 1 aromatic rings. The van der Waals surface area contributed by atoms with E-state index in [0.717, 1.165) is 18.7 Å². The third-order valence-electron chi connectivity index (χ3n) is 2.92. The lowest BCUT2D eigenvalue weighted by Crippen LogP contribution is -2.35. The van der Waals surface area contributed by atoms with E-state index < -0.39 is 4.92 Å². The highest BCUT2D eigenvalue weighted by atomic mass is 16.6. The number of anilines is 1. The van der Waals surface area contributed by atoms with Crippen molar-refractivity contribution in [1.29, 1.82) is 0 Å². The summed E-state index contributed by atoms with van der Waals surface area (Å²) in [4.78, 5) is 12.7. The van der Waals surface area contributed by atoms with Gasteiger partial charge in [0.15, 0.2) is 0 Å². The molecule has 0 spiro atoms. The Bertz CT molecular complexity index is 432. The molecule has 1 aliphatic heterocycles. The molecule has 1 aromatic carbocycles. The lowest BCUT2D eigenvalue weighted by molar-refractivity contribution is -0.384. The van der Waals surface area contributed by atoms with Crippen LogP contribution in [0, 0.1) is 10.1 Å². The molecule has 3 N–H and O–H groups in total. The Hall–Kier alpha value is -1.70. The fraction of sp³-hybridized carbons (Fsp3) is 0.455. The predicted molar refractivity (Wildman–Crippen MR) is 67.0 cm³/mol. The van der Waals surface area contributed by atoms with Gasteiger partial charge in [-0.1, -0.05) is 6.07 Å². The van der Waals surface area contributed by atoms with Crippen molar-refractivity contribution in [1.82, 2.24) is 4.90 Å². The molecule has 0 saturated carbocycles. The van der Waals surface area contributed by atoms with Gasteiger partial charge < -0.3 is 10.2 Å². The smallest absolute Gasteiger partial charge is 0.293 e. The van der Waals surface area contributed by atoms with Crippen molar-refractivity contribution < 1.29 is 9.66 Å².